The molecule has 1 heterocycles. The summed E-state index contributed by atoms with van der Waals surface area (Å²) in [5.74, 6) is 0.907. The lowest BCUT2D eigenvalue weighted by atomic mass is 9.87. The van der Waals surface area contributed by atoms with Crippen LogP contribution in [0.1, 0.15) is 67.9 Å². The number of nitrogens with one attached hydrogen (secondary N) is 1. The van der Waals surface area contributed by atoms with Crippen LogP contribution in [0.3, 0.4) is 0 Å². The number of halogens is 1. The van der Waals surface area contributed by atoms with E-state index in [1.165, 1.54) is 44.9 Å². The van der Waals surface area contributed by atoms with Crippen LogP contribution >= 0.6 is 15.9 Å². The lowest BCUT2D eigenvalue weighted by Crippen LogP contribution is -2.28. The van der Waals surface area contributed by atoms with E-state index in [9.17, 15) is 4.79 Å². The normalized spacial score (nSPS) is 20.1. The molecule has 0 unspecified atom stereocenters. The molecular weight excluding hydrogens is 316 g/mol. The topological polar surface area (TPSA) is 34.0 Å². The Morgan fingerprint density at radius 2 is 2.00 bits per heavy atom. The van der Waals surface area contributed by atoms with E-state index in [1.807, 2.05) is 12.3 Å². The van der Waals surface area contributed by atoms with E-state index in [2.05, 4.69) is 25.8 Å². The lowest BCUT2D eigenvalue weighted by Gasteiger charge is -2.21. The van der Waals surface area contributed by atoms with Gasteiger partial charge in [0.05, 0.1) is 0 Å². The van der Waals surface area contributed by atoms with E-state index < -0.39 is 0 Å². The second kappa shape index (κ2) is 6.33. The minimum atomic E-state index is 0.0819. The van der Waals surface area contributed by atoms with Gasteiger partial charge in [0.2, 0.25) is 0 Å². The maximum Gasteiger partial charge on any atom is 0.267 e. The first-order chi connectivity index (χ1) is 9.74. The molecule has 3 nitrogen and oxygen atoms in total. The van der Waals surface area contributed by atoms with E-state index in [4.69, 9.17) is 0 Å². The van der Waals surface area contributed by atoms with Gasteiger partial charge in [-0.1, -0.05) is 32.1 Å². The second-order valence-corrected chi connectivity index (χ2v) is 7.15. The number of rotatable bonds is 5. The zero-order chi connectivity index (χ0) is 13.9. The molecule has 2 aliphatic rings. The van der Waals surface area contributed by atoms with Crippen LogP contribution in [-0.4, -0.2) is 17.0 Å². The number of aromatic nitrogens is 1. The molecular formula is C16H23BrN2O. The molecule has 0 atom stereocenters. The van der Waals surface area contributed by atoms with Crippen LogP contribution in [0.4, 0.5) is 0 Å². The molecule has 0 saturated heterocycles. The summed E-state index contributed by atoms with van der Waals surface area (Å²) < 4.78 is 3.13. The molecule has 20 heavy (non-hydrogen) atoms. The Morgan fingerprint density at radius 1 is 1.25 bits per heavy atom. The number of carbonyl (C=O) groups excluding carboxylic acids is 1. The maximum absolute atomic E-state index is 12.3. The first kappa shape index (κ1) is 14.2. The Hall–Kier alpha value is -0.770. The van der Waals surface area contributed by atoms with Crippen molar-refractivity contribution < 1.29 is 4.79 Å². The smallest absolute Gasteiger partial charge is 0.267 e. The van der Waals surface area contributed by atoms with Gasteiger partial charge < -0.3 is 9.88 Å². The van der Waals surface area contributed by atoms with Crippen molar-refractivity contribution in [3.05, 3.63) is 22.4 Å². The van der Waals surface area contributed by atoms with Crippen molar-refractivity contribution in [2.45, 2.75) is 57.4 Å². The van der Waals surface area contributed by atoms with Crippen LogP contribution in [0.5, 0.6) is 0 Å². The van der Waals surface area contributed by atoms with Crippen molar-refractivity contribution in [1.29, 1.82) is 0 Å². The summed E-state index contributed by atoms with van der Waals surface area (Å²) in [7, 11) is 0. The van der Waals surface area contributed by atoms with Gasteiger partial charge in [-0.05, 0) is 47.2 Å². The van der Waals surface area contributed by atoms with Crippen LogP contribution in [0.15, 0.2) is 16.7 Å². The summed E-state index contributed by atoms with van der Waals surface area (Å²) in [6, 6.07) is 2.48. The molecule has 1 amide bonds. The van der Waals surface area contributed by atoms with E-state index in [0.29, 0.717) is 6.04 Å². The summed E-state index contributed by atoms with van der Waals surface area (Å²) in [5.41, 5.74) is 0.808. The molecule has 1 aromatic rings. The Balaban J connectivity index is 1.51. The Morgan fingerprint density at radius 3 is 2.70 bits per heavy atom. The molecule has 0 aromatic carbocycles. The minimum absolute atomic E-state index is 0.0819. The highest BCUT2D eigenvalue weighted by Crippen LogP contribution is 2.37. The quantitative estimate of drug-likeness (QED) is 0.853. The Kier molecular flexibility index (Phi) is 4.49. The molecule has 110 valence electrons. The fourth-order valence-electron chi connectivity index (χ4n) is 3.24. The molecule has 2 saturated carbocycles. The van der Waals surface area contributed by atoms with Crippen molar-refractivity contribution >= 4 is 21.8 Å². The number of hydrogen-bond donors (Lipinski definition) is 1. The Bertz CT molecular complexity index is 473. The van der Waals surface area contributed by atoms with Crippen LogP contribution in [0, 0.1) is 5.92 Å². The van der Waals surface area contributed by atoms with E-state index in [-0.39, 0.29) is 5.91 Å². The van der Waals surface area contributed by atoms with Crippen LogP contribution in [-0.2, 0) is 0 Å². The number of amides is 1. The average molecular weight is 339 g/mol. The highest BCUT2D eigenvalue weighted by Gasteiger charge is 2.27. The molecule has 0 radical (unpaired) electrons. The van der Waals surface area contributed by atoms with E-state index in [0.717, 1.165) is 29.1 Å². The molecule has 2 aliphatic carbocycles. The van der Waals surface area contributed by atoms with Crippen molar-refractivity contribution in [2.75, 3.05) is 6.54 Å². The highest BCUT2D eigenvalue weighted by atomic mass is 79.9. The van der Waals surface area contributed by atoms with Gasteiger partial charge in [-0.15, -0.1) is 0 Å². The van der Waals surface area contributed by atoms with Gasteiger partial charge in [0.15, 0.2) is 0 Å². The van der Waals surface area contributed by atoms with Crippen LogP contribution in [0.25, 0.3) is 0 Å². The predicted octanol–water partition coefficient (Wildman–Crippen LogP) is 4.29. The second-order valence-electron chi connectivity index (χ2n) is 6.23. The average Bonchev–Trinajstić information content (AvgIpc) is 3.22. The van der Waals surface area contributed by atoms with Gasteiger partial charge in [0.1, 0.15) is 5.69 Å². The highest BCUT2D eigenvalue weighted by molar-refractivity contribution is 9.10. The molecule has 3 rings (SSSR count). The third-order valence-corrected chi connectivity index (χ3v) is 4.98. The molecule has 2 fully saturated rings. The van der Waals surface area contributed by atoms with Crippen molar-refractivity contribution in [3.8, 4) is 0 Å². The summed E-state index contributed by atoms with van der Waals surface area (Å²) >= 11 is 3.48. The van der Waals surface area contributed by atoms with Gasteiger partial charge >= 0.3 is 0 Å². The van der Waals surface area contributed by atoms with Gasteiger partial charge in [-0.2, -0.15) is 0 Å². The maximum atomic E-state index is 12.3. The molecule has 0 spiro atoms. The first-order valence-electron chi connectivity index (χ1n) is 7.89. The van der Waals surface area contributed by atoms with Crippen LogP contribution in [0.2, 0.25) is 0 Å². The zero-order valence-corrected chi connectivity index (χ0v) is 13.5. The fraction of sp³-hybridized carbons (Fsp3) is 0.688. The summed E-state index contributed by atoms with van der Waals surface area (Å²) in [5, 5.41) is 3.10. The molecule has 0 bridgehead atoms. The minimum Gasteiger partial charge on any atom is -0.351 e. The van der Waals surface area contributed by atoms with Gasteiger partial charge in [0, 0.05) is 23.3 Å². The van der Waals surface area contributed by atoms with Crippen molar-refractivity contribution in [3.63, 3.8) is 0 Å². The summed E-state index contributed by atoms with van der Waals surface area (Å²) in [6.07, 6.45) is 12.4. The van der Waals surface area contributed by atoms with E-state index >= 15 is 0 Å². The Labute approximate surface area is 129 Å². The molecule has 1 aromatic heterocycles. The monoisotopic (exact) mass is 338 g/mol. The van der Waals surface area contributed by atoms with E-state index in [1.54, 1.807) is 0 Å². The molecule has 0 aliphatic heterocycles. The van der Waals surface area contributed by atoms with Crippen LogP contribution < -0.4 is 5.32 Å². The van der Waals surface area contributed by atoms with Crippen molar-refractivity contribution in [2.24, 2.45) is 5.92 Å². The molecule has 1 N–H and O–H groups in total. The third kappa shape index (κ3) is 3.46. The zero-order valence-electron chi connectivity index (χ0n) is 11.9. The SMILES string of the molecule is O=C(NCCC1CCCCC1)c1cc(Br)cn1C1CC1. The largest absolute Gasteiger partial charge is 0.351 e. The molecule has 4 heteroatoms. The summed E-state index contributed by atoms with van der Waals surface area (Å²) in [6.45, 7) is 0.816. The third-order valence-electron chi connectivity index (χ3n) is 4.55. The first-order valence-corrected chi connectivity index (χ1v) is 8.69. The lowest BCUT2D eigenvalue weighted by molar-refractivity contribution is 0.0941. The van der Waals surface area contributed by atoms with Gasteiger partial charge in [-0.25, -0.2) is 0 Å². The van der Waals surface area contributed by atoms with Crippen molar-refractivity contribution in [1.82, 2.24) is 9.88 Å². The fourth-order valence-corrected chi connectivity index (χ4v) is 3.68. The summed E-state index contributed by atoms with van der Waals surface area (Å²) in [4.78, 5) is 12.3. The predicted molar refractivity (Wildman–Crippen MR) is 83.9 cm³/mol. The van der Waals surface area contributed by atoms with Gasteiger partial charge in [-0.3, -0.25) is 4.79 Å². The van der Waals surface area contributed by atoms with Gasteiger partial charge in [0.25, 0.3) is 5.91 Å². The number of nitrogens with zero attached hydrogens (tertiary/aromatic N) is 1. The number of hydrogen-bond acceptors (Lipinski definition) is 1. The number of carbonyl (C=O) groups is 1. The standard InChI is InChI=1S/C16H23BrN2O/c17-13-10-15(19(11-13)14-6-7-14)16(20)18-9-8-12-4-2-1-3-5-12/h10-12,14H,1-9H2,(H,18,20).